The predicted octanol–water partition coefficient (Wildman–Crippen LogP) is 4.08. The molecule has 1 aromatic carbocycles. The van der Waals surface area contributed by atoms with Crippen molar-refractivity contribution in [2.24, 2.45) is 5.92 Å². The Kier molecular flexibility index (Phi) is 4.87. The van der Waals surface area contributed by atoms with Crippen LogP contribution >= 0.6 is 0 Å². The Hall–Kier alpha value is -1.02. The standard InChI is InChI=1S/C17H27NO/c1-12(2)15-7-4-13(3)17(10-15)18-11-14-5-8-16(19)9-6-14/h4,7,10,12,14,16,18-19H,5-6,8-9,11H2,1-3H3. The molecule has 0 aromatic heterocycles. The number of hydrogen-bond donors (Lipinski definition) is 2. The van der Waals surface area contributed by atoms with E-state index in [0.717, 1.165) is 32.2 Å². The molecular formula is C17H27NO. The van der Waals surface area contributed by atoms with Crippen LogP contribution in [-0.2, 0) is 0 Å². The molecule has 2 nitrogen and oxygen atoms in total. The maximum absolute atomic E-state index is 9.53. The van der Waals surface area contributed by atoms with Crippen LogP contribution in [0.15, 0.2) is 18.2 Å². The zero-order chi connectivity index (χ0) is 13.8. The lowest BCUT2D eigenvalue weighted by atomic mass is 9.87. The monoisotopic (exact) mass is 261 g/mol. The second kappa shape index (κ2) is 6.42. The second-order valence-electron chi connectivity index (χ2n) is 6.28. The molecule has 0 saturated heterocycles. The van der Waals surface area contributed by atoms with Gasteiger partial charge in [0.25, 0.3) is 0 Å². The van der Waals surface area contributed by atoms with Crippen LogP contribution in [0.4, 0.5) is 5.69 Å². The SMILES string of the molecule is Cc1ccc(C(C)C)cc1NCC1CCC(O)CC1. The fourth-order valence-electron chi connectivity index (χ4n) is 2.79. The number of benzene rings is 1. The van der Waals surface area contributed by atoms with Gasteiger partial charge in [-0.3, -0.25) is 0 Å². The maximum Gasteiger partial charge on any atom is 0.0540 e. The summed E-state index contributed by atoms with van der Waals surface area (Å²) in [6.45, 7) is 7.67. The molecule has 0 unspecified atom stereocenters. The van der Waals surface area contributed by atoms with Crippen LogP contribution in [-0.4, -0.2) is 17.8 Å². The van der Waals surface area contributed by atoms with Gasteiger partial charge < -0.3 is 10.4 Å². The second-order valence-corrected chi connectivity index (χ2v) is 6.28. The van der Waals surface area contributed by atoms with Crippen LogP contribution in [0.2, 0.25) is 0 Å². The Morgan fingerprint density at radius 2 is 1.89 bits per heavy atom. The van der Waals surface area contributed by atoms with Crippen LogP contribution in [0.1, 0.15) is 56.6 Å². The molecule has 2 rings (SSSR count). The minimum absolute atomic E-state index is 0.0535. The molecule has 0 radical (unpaired) electrons. The van der Waals surface area contributed by atoms with E-state index < -0.39 is 0 Å². The van der Waals surface area contributed by atoms with Crippen molar-refractivity contribution < 1.29 is 5.11 Å². The Morgan fingerprint density at radius 1 is 1.21 bits per heavy atom. The first kappa shape index (κ1) is 14.4. The largest absolute Gasteiger partial charge is 0.393 e. The van der Waals surface area contributed by atoms with Gasteiger partial charge in [-0.25, -0.2) is 0 Å². The van der Waals surface area contributed by atoms with E-state index in [0.29, 0.717) is 11.8 Å². The molecule has 106 valence electrons. The summed E-state index contributed by atoms with van der Waals surface area (Å²) in [4.78, 5) is 0. The smallest absolute Gasteiger partial charge is 0.0540 e. The van der Waals surface area contributed by atoms with Gasteiger partial charge in [-0.1, -0.05) is 26.0 Å². The molecule has 0 amide bonds. The van der Waals surface area contributed by atoms with Crippen LogP contribution < -0.4 is 5.32 Å². The number of aliphatic hydroxyl groups excluding tert-OH is 1. The van der Waals surface area contributed by atoms with Gasteiger partial charge in [0, 0.05) is 12.2 Å². The van der Waals surface area contributed by atoms with Crippen LogP contribution in [0.3, 0.4) is 0 Å². The minimum Gasteiger partial charge on any atom is -0.393 e. The third-order valence-corrected chi connectivity index (χ3v) is 4.33. The fraction of sp³-hybridized carbons (Fsp3) is 0.647. The molecule has 1 aliphatic carbocycles. The number of nitrogens with one attached hydrogen (secondary N) is 1. The van der Waals surface area contributed by atoms with Crippen LogP contribution in [0, 0.1) is 12.8 Å². The van der Waals surface area contributed by atoms with Gasteiger partial charge in [0.05, 0.1) is 6.10 Å². The lowest BCUT2D eigenvalue weighted by molar-refractivity contribution is 0.111. The molecule has 1 saturated carbocycles. The highest BCUT2D eigenvalue weighted by Crippen LogP contribution is 2.26. The fourth-order valence-corrected chi connectivity index (χ4v) is 2.79. The highest BCUT2D eigenvalue weighted by Gasteiger charge is 2.19. The van der Waals surface area contributed by atoms with Crippen molar-refractivity contribution in [3.05, 3.63) is 29.3 Å². The first-order valence-electron chi connectivity index (χ1n) is 7.58. The van der Waals surface area contributed by atoms with E-state index in [1.165, 1.54) is 16.8 Å². The zero-order valence-electron chi connectivity index (χ0n) is 12.4. The van der Waals surface area contributed by atoms with Crippen molar-refractivity contribution in [3.63, 3.8) is 0 Å². The maximum atomic E-state index is 9.53. The summed E-state index contributed by atoms with van der Waals surface area (Å²) in [5.74, 6) is 1.29. The Balaban J connectivity index is 1.93. The molecule has 1 aliphatic rings. The third-order valence-electron chi connectivity index (χ3n) is 4.33. The minimum atomic E-state index is -0.0535. The average Bonchev–Trinajstić information content (AvgIpc) is 2.39. The molecular weight excluding hydrogens is 234 g/mol. The summed E-state index contributed by atoms with van der Waals surface area (Å²) < 4.78 is 0. The first-order chi connectivity index (χ1) is 9.06. The molecule has 1 aromatic rings. The van der Waals surface area contributed by atoms with E-state index in [1.807, 2.05) is 0 Å². The van der Waals surface area contributed by atoms with Crippen molar-refractivity contribution in [3.8, 4) is 0 Å². The number of aryl methyl sites for hydroxylation is 1. The molecule has 0 atom stereocenters. The summed E-state index contributed by atoms with van der Waals surface area (Å²) in [5.41, 5.74) is 3.99. The van der Waals surface area contributed by atoms with Crippen LogP contribution in [0.5, 0.6) is 0 Å². The summed E-state index contributed by atoms with van der Waals surface area (Å²) >= 11 is 0. The van der Waals surface area contributed by atoms with Gasteiger partial charge in [-0.2, -0.15) is 0 Å². The van der Waals surface area contributed by atoms with Gasteiger partial charge in [0.1, 0.15) is 0 Å². The van der Waals surface area contributed by atoms with E-state index in [1.54, 1.807) is 0 Å². The van der Waals surface area contributed by atoms with Gasteiger partial charge in [0.15, 0.2) is 0 Å². The molecule has 2 heteroatoms. The highest BCUT2D eigenvalue weighted by atomic mass is 16.3. The Labute approximate surface area is 117 Å². The van der Waals surface area contributed by atoms with E-state index >= 15 is 0 Å². The lowest BCUT2D eigenvalue weighted by Crippen LogP contribution is -2.23. The number of rotatable bonds is 4. The number of hydrogen-bond acceptors (Lipinski definition) is 2. The van der Waals surface area contributed by atoms with Gasteiger partial charge >= 0.3 is 0 Å². The molecule has 19 heavy (non-hydrogen) atoms. The highest BCUT2D eigenvalue weighted by molar-refractivity contribution is 5.53. The number of aliphatic hydroxyl groups is 1. The van der Waals surface area contributed by atoms with Crippen LogP contribution in [0.25, 0.3) is 0 Å². The topological polar surface area (TPSA) is 32.3 Å². The van der Waals surface area contributed by atoms with Crippen molar-refractivity contribution in [2.75, 3.05) is 11.9 Å². The lowest BCUT2D eigenvalue weighted by Gasteiger charge is -2.26. The van der Waals surface area contributed by atoms with Gasteiger partial charge in [-0.15, -0.1) is 0 Å². The van der Waals surface area contributed by atoms with E-state index in [4.69, 9.17) is 0 Å². The van der Waals surface area contributed by atoms with E-state index in [2.05, 4.69) is 44.3 Å². The summed E-state index contributed by atoms with van der Waals surface area (Å²) in [6, 6.07) is 6.72. The predicted molar refractivity (Wildman–Crippen MR) is 81.7 cm³/mol. The zero-order valence-corrected chi connectivity index (χ0v) is 12.4. The average molecular weight is 261 g/mol. The normalized spacial score (nSPS) is 23.6. The molecule has 2 N–H and O–H groups in total. The van der Waals surface area contributed by atoms with Gasteiger partial charge in [0.2, 0.25) is 0 Å². The van der Waals surface area contributed by atoms with E-state index in [9.17, 15) is 5.11 Å². The van der Waals surface area contributed by atoms with Crippen molar-refractivity contribution in [1.29, 1.82) is 0 Å². The summed E-state index contributed by atoms with van der Waals surface area (Å²) in [5, 5.41) is 13.1. The molecule has 0 spiro atoms. The Morgan fingerprint density at radius 3 is 2.53 bits per heavy atom. The van der Waals surface area contributed by atoms with Crippen molar-refractivity contribution in [1.82, 2.24) is 0 Å². The molecule has 0 bridgehead atoms. The molecule has 0 heterocycles. The molecule has 0 aliphatic heterocycles. The van der Waals surface area contributed by atoms with E-state index in [-0.39, 0.29) is 6.10 Å². The summed E-state index contributed by atoms with van der Waals surface area (Å²) in [6.07, 6.45) is 4.19. The van der Waals surface area contributed by atoms with Crippen molar-refractivity contribution in [2.45, 2.75) is 58.5 Å². The summed E-state index contributed by atoms with van der Waals surface area (Å²) in [7, 11) is 0. The molecule has 1 fully saturated rings. The first-order valence-corrected chi connectivity index (χ1v) is 7.58. The quantitative estimate of drug-likeness (QED) is 0.856. The third kappa shape index (κ3) is 3.97. The Bertz CT molecular complexity index is 406. The van der Waals surface area contributed by atoms with Crippen molar-refractivity contribution >= 4 is 5.69 Å². The van der Waals surface area contributed by atoms with Gasteiger partial charge in [-0.05, 0) is 61.6 Å². The number of anilines is 1.